The molecule has 2 saturated heterocycles. The molecule has 3 heterocycles. The van der Waals surface area contributed by atoms with Crippen LogP contribution in [0.1, 0.15) is 46.6 Å². The van der Waals surface area contributed by atoms with Crippen molar-refractivity contribution in [1.82, 2.24) is 14.9 Å². The Balaban J connectivity index is 1.31. The van der Waals surface area contributed by atoms with Gasteiger partial charge < -0.3 is 5.11 Å². The zero-order chi connectivity index (χ0) is 39.7. The lowest BCUT2D eigenvalue weighted by Crippen LogP contribution is -2.53. The summed E-state index contributed by atoms with van der Waals surface area (Å²) in [4.78, 5) is 63.8. The maximum atomic E-state index is 15.4. The summed E-state index contributed by atoms with van der Waals surface area (Å²) in [6, 6.07) is 21.3. The van der Waals surface area contributed by atoms with E-state index in [-0.39, 0.29) is 43.3 Å². The Labute approximate surface area is 329 Å². The molecule has 6 atom stereocenters. The highest BCUT2D eigenvalue weighted by molar-refractivity contribution is 6.33. The Bertz CT molecular complexity index is 2340. The second-order valence-corrected chi connectivity index (χ2v) is 15.4. The number of carbonyl (C=O) groups is 4. The zero-order valence-corrected chi connectivity index (χ0v) is 31.0. The van der Waals surface area contributed by atoms with E-state index in [0.29, 0.717) is 39.5 Å². The van der Waals surface area contributed by atoms with Crippen LogP contribution < -0.4 is 5.43 Å². The minimum absolute atomic E-state index is 0.0473. The van der Waals surface area contributed by atoms with Gasteiger partial charge in [-0.3, -0.25) is 29.5 Å². The number of aromatic nitrogens is 1. The Morgan fingerprint density at radius 3 is 2.36 bits per heavy atom. The number of pyridine rings is 1. The molecule has 1 saturated carbocycles. The highest BCUT2D eigenvalue weighted by Crippen LogP contribution is 2.65. The molecule has 4 aromatic rings. The number of halogens is 5. The maximum absolute atomic E-state index is 15.4. The first kappa shape index (κ1) is 37.5. The van der Waals surface area contributed by atoms with Crippen LogP contribution in [0.4, 0.5) is 19.0 Å². The SMILES string of the molecule is C=CCc1cccc([C@H]2C3=CC[C@@H]4C(=O)N(Cc5ccccc5)C(=O)[C@@H]4[C@@H]3C[C@H]3C(=O)N(Nc4ncc(C(F)(F)F)cc4Cl)C(=O)[C@@]23c2ccc(Cl)cc2)c1O. The molecule has 0 bridgehead atoms. The normalized spacial score (nSPS) is 25.8. The number of likely N-dealkylation sites (tertiary alicyclic amines) is 1. The molecule has 56 heavy (non-hydrogen) atoms. The third-order valence-electron chi connectivity index (χ3n) is 11.7. The van der Waals surface area contributed by atoms with Crippen LogP contribution >= 0.6 is 23.2 Å². The van der Waals surface area contributed by atoms with Crippen molar-refractivity contribution in [1.29, 1.82) is 0 Å². The molecule has 3 aromatic carbocycles. The minimum atomic E-state index is -4.75. The molecule has 4 aliphatic rings. The number of benzene rings is 3. The maximum Gasteiger partial charge on any atom is 0.417 e. The number of fused-ring (bicyclic) bond motifs is 4. The summed E-state index contributed by atoms with van der Waals surface area (Å²) in [5, 5.41) is 12.6. The van der Waals surface area contributed by atoms with Gasteiger partial charge in [0.05, 0.1) is 40.3 Å². The molecule has 1 aromatic heterocycles. The Morgan fingerprint density at radius 2 is 1.68 bits per heavy atom. The lowest BCUT2D eigenvalue weighted by atomic mass is 9.49. The van der Waals surface area contributed by atoms with Crippen molar-refractivity contribution in [2.45, 2.75) is 43.3 Å². The summed E-state index contributed by atoms with van der Waals surface area (Å²) in [7, 11) is 0. The molecular weight excluding hydrogens is 768 g/mol. The number of hydrogen-bond acceptors (Lipinski definition) is 7. The lowest BCUT2D eigenvalue weighted by Gasteiger charge is -2.50. The zero-order valence-electron chi connectivity index (χ0n) is 29.5. The van der Waals surface area contributed by atoms with Gasteiger partial charge in [-0.1, -0.05) is 102 Å². The van der Waals surface area contributed by atoms with Crippen LogP contribution in [0, 0.1) is 23.7 Å². The van der Waals surface area contributed by atoms with Crippen LogP contribution in [-0.4, -0.2) is 43.6 Å². The van der Waals surface area contributed by atoms with Gasteiger partial charge in [0.25, 0.3) is 11.8 Å². The molecule has 14 heteroatoms. The molecule has 286 valence electrons. The Hall–Kier alpha value is -5.46. The van der Waals surface area contributed by atoms with Crippen LogP contribution in [0.25, 0.3) is 0 Å². The van der Waals surface area contributed by atoms with Gasteiger partial charge in [-0.25, -0.2) is 4.98 Å². The molecule has 4 amide bonds. The van der Waals surface area contributed by atoms with E-state index in [9.17, 15) is 32.7 Å². The number of nitrogens with one attached hydrogen (secondary N) is 1. The number of phenols is 1. The van der Waals surface area contributed by atoms with E-state index >= 15 is 4.79 Å². The second kappa shape index (κ2) is 13.9. The molecule has 0 radical (unpaired) electrons. The number of amides is 4. The first-order valence-corrected chi connectivity index (χ1v) is 18.7. The summed E-state index contributed by atoms with van der Waals surface area (Å²) in [5.74, 6) is -7.35. The molecule has 2 aliphatic carbocycles. The topological polar surface area (TPSA) is 120 Å². The summed E-state index contributed by atoms with van der Waals surface area (Å²) in [6.07, 6.45) is -0.335. The van der Waals surface area contributed by atoms with Crippen molar-refractivity contribution in [3.05, 3.63) is 147 Å². The monoisotopic (exact) mass is 800 g/mol. The van der Waals surface area contributed by atoms with Gasteiger partial charge in [0.2, 0.25) is 11.8 Å². The highest BCUT2D eigenvalue weighted by Gasteiger charge is 2.70. The van der Waals surface area contributed by atoms with E-state index in [4.69, 9.17) is 23.2 Å². The van der Waals surface area contributed by atoms with Crippen molar-refractivity contribution in [2.24, 2.45) is 23.7 Å². The molecule has 3 fully saturated rings. The lowest BCUT2D eigenvalue weighted by molar-refractivity contribution is -0.142. The number of carbonyl (C=O) groups excluding carboxylic acids is 4. The van der Waals surface area contributed by atoms with Gasteiger partial charge in [0, 0.05) is 22.7 Å². The largest absolute Gasteiger partial charge is 0.507 e. The smallest absolute Gasteiger partial charge is 0.417 e. The predicted octanol–water partition coefficient (Wildman–Crippen LogP) is 8.03. The summed E-state index contributed by atoms with van der Waals surface area (Å²) < 4.78 is 40.5. The predicted molar refractivity (Wildman–Crippen MR) is 201 cm³/mol. The van der Waals surface area contributed by atoms with Crippen LogP contribution in [-0.2, 0) is 43.7 Å². The van der Waals surface area contributed by atoms with Gasteiger partial charge in [0.15, 0.2) is 5.82 Å². The average Bonchev–Trinajstić information content (AvgIpc) is 3.54. The number of anilines is 1. The van der Waals surface area contributed by atoms with Crippen molar-refractivity contribution < 1.29 is 37.5 Å². The van der Waals surface area contributed by atoms with Crippen LogP contribution in [0.15, 0.2) is 109 Å². The van der Waals surface area contributed by atoms with Gasteiger partial charge >= 0.3 is 6.18 Å². The average molecular weight is 802 g/mol. The fourth-order valence-corrected chi connectivity index (χ4v) is 9.61. The van der Waals surface area contributed by atoms with E-state index in [1.807, 2.05) is 36.4 Å². The summed E-state index contributed by atoms with van der Waals surface area (Å²) in [6.45, 7) is 3.88. The molecule has 8 rings (SSSR count). The van der Waals surface area contributed by atoms with E-state index < -0.39 is 69.5 Å². The Kier molecular flexibility index (Phi) is 9.32. The number of nitrogens with zero attached hydrogens (tertiary/aromatic N) is 3. The van der Waals surface area contributed by atoms with Gasteiger partial charge in [-0.2, -0.15) is 18.2 Å². The van der Waals surface area contributed by atoms with Crippen LogP contribution in [0.2, 0.25) is 10.0 Å². The number of hydrazine groups is 1. The fraction of sp³-hybridized carbons (Fsp3) is 0.262. The number of alkyl halides is 3. The number of rotatable bonds is 8. The minimum Gasteiger partial charge on any atom is -0.507 e. The number of allylic oxidation sites excluding steroid dienone is 3. The number of phenolic OH excluding ortho intramolecular Hbond substituents is 1. The summed E-state index contributed by atoms with van der Waals surface area (Å²) in [5.41, 5.74) is 2.27. The van der Waals surface area contributed by atoms with E-state index in [0.717, 1.165) is 10.6 Å². The summed E-state index contributed by atoms with van der Waals surface area (Å²) >= 11 is 12.6. The van der Waals surface area contributed by atoms with Gasteiger partial charge in [-0.05, 0) is 60.1 Å². The van der Waals surface area contributed by atoms with Gasteiger partial charge in [-0.15, -0.1) is 6.58 Å². The molecule has 0 spiro atoms. The highest BCUT2D eigenvalue weighted by atomic mass is 35.5. The standard InChI is InChI=1S/C42H33Cl2F3N4O5/c1-2-7-23-10-6-11-29(35(23)52)34-27-16-17-28-33(39(55)50(37(28)53)21-22-8-4-3-5-9-22)30(27)19-31-38(54)51(40(56)41(31,34)24-12-14-26(43)15-13-24)49-36-32(44)18-25(20-48-36)42(45,46)47/h2-6,8-16,18,20,28,30-31,33-34,52H,1,7,17,19,21H2,(H,48,49)/t28-,30+,31-,33-,34+,41+/m0/s1. The Morgan fingerprint density at radius 1 is 0.946 bits per heavy atom. The van der Waals surface area contributed by atoms with Crippen molar-refractivity contribution >= 4 is 52.6 Å². The number of para-hydroxylation sites is 1. The third-order valence-corrected chi connectivity index (χ3v) is 12.2. The van der Waals surface area contributed by atoms with E-state index in [1.165, 1.54) is 4.90 Å². The van der Waals surface area contributed by atoms with E-state index in [2.05, 4.69) is 17.0 Å². The molecular formula is C42H33Cl2F3N4O5. The van der Waals surface area contributed by atoms with E-state index in [1.54, 1.807) is 48.5 Å². The molecule has 0 unspecified atom stereocenters. The number of imide groups is 2. The molecule has 2 aliphatic heterocycles. The van der Waals surface area contributed by atoms with Gasteiger partial charge in [0.1, 0.15) is 5.75 Å². The third kappa shape index (κ3) is 5.80. The molecule has 9 nitrogen and oxygen atoms in total. The van der Waals surface area contributed by atoms with Crippen LogP contribution in [0.3, 0.4) is 0 Å². The van der Waals surface area contributed by atoms with Crippen molar-refractivity contribution in [3.8, 4) is 5.75 Å². The van der Waals surface area contributed by atoms with Crippen LogP contribution in [0.5, 0.6) is 5.75 Å². The second-order valence-electron chi connectivity index (χ2n) is 14.5. The quantitative estimate of drug-likeness (QED) is 0.137. The molecule has 2 N–H and O–H groups in total. The first-order valence-electron chi connectivity index (χ1n) is 17.9. The first-order chi connectivity index (χ1) is 26.8. The fourth-order valence-electron chi connectivity index (χ4n) is 9.28. The number of hydrogen-bond donors (Lipinski definition) is 2. The van der Waals surface area contributed by atoms with Crippen molar-refractivity contribution in [2.75, 3.05) is 5.43 Å². The van der Waals surface area contributed by atoms with Crippen molar-refractivity contribution in [3.63, 3.8) is 0 Å². The number of aromatic hydroxyl groups is 1.